The van der Waals surface area contributed by atoms with E-state index >= 15 is 0 Å². The van der Waals surface area contributed by atoms with E-state index in [9.17, 15) is 14.7 Å². The third-order valence-corrected chi connectivity index (χ3v) is 4.51. The van der Waals surface area contributed by atoms with Crippen molar-refractivity contribution >= 4 is 11.9 Å². The van der Waals surface area contributed by atoms with Crippen molar-refractivity contribution in [3.63, 3.8) is 0 Å². The van der Waals surface area contributed by atoms with E-state index in [0.29, 0.717) is 17.4 Å². The first-order valence-corrected chi connectivity index (χ1v) is 10.3. The highest BCUT2D eigenvalue weighted by atomic mass is 16.5. The lowest BCUT2D eigenvalue weighted by molar-refractivity contribution is -0.873. The van der Waals surface area contributed by atoms with Gasteiger partial charge in [0, 0.05) is 18.8 Å². The van der Waals surface area contributed by atoms with Crippen molar-refractivity contribution in [3.05, 3.63) is 0 Å². The zero-order chi connectivity index (χ0) is 20.0. The van der Waals surface area contributed by atoms with E-state index in [-0.39, 0.29) is 18.3 Å². The van der Waals surface area contributed by atoms with E-state index in [1.54, 1.807) is 0 Å². The molecule has 154 valence electrons. The molecule has 0 heterocycles. The summed E-state index contributed by atoms with van der Waals surface area (Å²) in [4.78, 5) is 23.0. The van der Waals surface area contributed by atoms with E-state index in [4.69, 9.17) is 4.74 Å². The molecular formula is C21H41NO4. The Labute approximate surface area is 160 Å². The molecule has 0 amide bonds. The Morgan fingerprint density at radius 2 is 1.46 bits per heavy atom. The summed E-state index contributed by atoms with van der Waals surface area (Å²) in [6, 6.07) is 0. The van der Waals surface area contributed by atoms with Gasteiger partial charge in [-0.2, -0.15) is 0 Å². The monoisotopic (exact) mass is 371 g/mol. The molecule has 0 rings (SSSR count). The lowest BCUT2D eigenvalue weighted by Crippen LogP contribution is -2.45. The second-order valence-corrected chi connectivity index (χ2v) is 8.73. The van der Waals surface area contributed by atoms with Crippen LogP contribution >= 0.6 is 0 Å². The van der Waals surface area contributed by atoms with Crippen LogP contribution in [0.3, 0.4) is 0 Å². The largest absolute Gasteiger partial charge is 0.550 e. The standard InChI is InChI=1S/C21H41NO4/c1-6-7-8-9-10-11-12-13-14-18(2)15-21(25)26-19(16-20(23)24)17-22(3,4)5/h18-19H,6-17H2,1-5H3. The van der Waals surface area contributed by atoms with Crippen LogP contribution in [0.2, 0.25) is 0 Å². The molecule has 0 fully saturated rings. The molecule has 0 aliphatic heterocycles. The molecule has 0 saturated heterocycles. The molecule has 0 aliphatic rings. The van der Waals surface area contributed by atoms with Crippen LogP contribution in [0.4, 0.5) is 0 Å². The fourth-order valence-corrected chi connectivity index (χ4v) is 3.19. The Hall–Kier alpha value is -1.10. The Kier molecular flexibility index (Phi) is 13.4. The van der Waals surface area contributed by atoms with E-state index < -0.39 is 12.1 Å². The number of carbonyl (C=O) groups is 2. The van der Waals surface area contributed by atoms with Crippen molar-refractivity contribution in [2.45, 2.75) is 90.6 Å². The number of carboxylic acid groups (broad SMARTS) is 1. The minimum absolute atomic E-state index is 0.242. The van der Waals surface area contributed by atoms with Gasteiger partial charge in [0.2, 0.25) is 0 Å². The van der Waals surface area contributed by atoms with Gasteiger partial charge in [-0.3, -0.25) is 4.79 Å². The predicted molar refractivity (Wildman–Crippen MR) is 103 cm³/mol. The van der Waals surface area contributed by atoms with E-state index in [2.05, 4.69) is 13.8 Å². The fraction of sp³-hybridized carbons (Fsp3) is 0.905. The highest BCUT2D eigenvalue weighted by Crippen LogP contribution is 2.17. The number of hydrogen-bond acceptors (Lipinski definition) is 4. The molecule has 5 heteroatoms. The molecule has 26 heavy (non-hydrogen) atoms. The summed E-state index contributed by atoms with van der Waals surface area (Å²) in [7, 11) is 5.84. The Balaban J connectivity index is 3.98. The number of carboxylic acids is 1. The zero-order valence-corrected chi connectivity index (χ0v) is 17.7. The van der Waals surface area contributed by atoms with Gasteiger partial charge in [-0.1, -0.05) is 71.6 Å². The Morgan fingerprint density at radius 3 is 1.96 bits per heavy atom. The maximum absolute atomic E-state index is 12.1. The molecule has 0 radical (unpaired) electrons. The van der Waals surface area contributed by atoms with E-state index in [0.717, 1.165) is 12.8 Å². The maximum atomic E-state index is 12.1. The number of carbonyl (C=O) groups excluding carboxylic acids is 2. The van der Waals surface area contributed by atoms with Gasteiger partial charge >= 0.3 is 5.97 Å². The number of unbranched alkanes of at least 4 members (excludes halogenated alkanes) is 7. The number of ether oxygens (including phenoxy) is 1. The van der Waals surface area contributed by atoms with Gasteiger partial charge in [-0.15, -0.1) is 0 Å². The molecule has 0 N–H and O–H groups in total. The molecule has 0 aromatic heterocycles. The quantitative estimate of drug-likeness (QED) is 0.237. The minimum atomic E-state index is -1.18. The van der Waals surface area contributed by atoms with Crippen LogP contribution in [0.25, 0.3) is 0 Å². The zero-order valence-electron chi connectivity index (χ0n) is 17.7. The van der Waals surface area contributed by atoms with Crippen molar-refractivity contribution < 1.29 is 23.9 Å². The average molecular weight is 372 g/mol. The SMILES string of the molecule is CCCCCCCCCCC(C)CC(=O)OC(CC(=O)[O-])C[N+](C)(C)C. The molecule has 2 atom stereocenters. The normalized spacial score (nSPS) is 14.0. The summed E-state index contributed by atoms with van der Waals surface area (Å²) in [5.74, 6) is -1.20. The number of quaternary nitrogens is 1. The lowest BCUT2D eigenvalue weighted by atomic mass is 9.99. The highest BCUT2D eigenvalue weighted by molar-refractivity contribution is 5.71. The smallest absolute Gasteiger partial charge is 0.306 e. The molecule has 0 aromatic rings. The molecule has 2 unspecified atom stereocenters. The summed E-state index contributed by atoms with van der Waals surface area (Å²) in [5, 5.41) is 10.9. The second kappa shape index (κ2) is 14.0. The van der Waals surface area contributed by atoms with E-state index in [1.165, 1.54) is 44.9 Å². The van der Waals surface area contributed by atoms with Gasteiger partial charge in [-0.25, -0.2) is 0 Å². The molecule has 0 saturated carbocycles. The van der Waals surface area contributed by atoms with Crippen molar-refractivity contribution in [2.75, 3.05) is 27.7 Å². The second-order valence-electron chi connectivity index (χ2n) is 8.73. The highest BCUT2D eigenvalue weighted by Gasteiger charge is 2.23. The first-order valence-electron chi connectivity index (χ1n) is 10.3. The van der Waals surface area contributed by atoms with Crippen molar-refractivity contribution in [1.82, 2.24) is 0 Å². The molecule has 0 spiro atoms. The van der Waals surface area contributed by atoms with Crippen LogP contribution in [0, 0.1) is 5.92 Å². The molecule has 0 aromatic carbocycles. The van der Waals surface area contributed by atoms with Crippen molar-refractivity contribution in [2.24, 2.45) is 5.92 Å². The summed E-state index contributed by atoms with van der Waals surface area (Å²) in [5.41, 5.74) is 0. The maximum Gasteiger partial charge on any atom is 0.306 e. The van der Waals surface area contributed by atoms with Gasteiger partial charge in [0.25, 0.3) is 0 Å². The molecule has 0 bridgehead atoms. The van der Waals surface area contributed by atoms with Gasteiger partial charge in [0.15, 0.2) is 6.10 Å². The van der Waals surface area contributed by atoms with Crippen LogP contribution in [0.1, 0.15) is 84.5 Å². The first kappa shape index (κ1) is 24.9. The van der Waals surface area contributed by atoms with Gasteiger partial charge < -0.3 is 19.1 Å². The van der Waals surface area contributed by atoms with Gasteiger partial charge in [0.05, 0.1) is 21.1 Å². The minimum Gasteiger partial charge on any atom is -0.550 e. The van der Waals surface area contributed by atoms with Crippen molar-refractivity contribution in [1.29, 1.82) is 0 Å². The Morgan fingerprint density at radius 1 is 0.923 bits per heavy atom. The number of hydrogen-bond donors (Lipinski definition) is 0. The van der Waals surface area contributed by atoms with E-state index in [1.807, 2.05) is 21.1 Å². The van der Waals surface area contributed by atoms with Gasteiger partial charge in [-0.05, 0) is 5.92 Å². The fourth-order valence-electron chi connectivity index (χ4n) is 3.19. The summed E-state index contributed by atoms with van der Waals surface area (Å²) >= 11 is 0. The number of rotatable bonds is 16. The first-order chi connectivity index (χ1) is 12.1. The van der Waals surface area contributed by atoms with Crippen LogP contribution in [-0.4, -0.2) is 50.2 Å². The van der Waals surface area contributed by atoms with Crippen LogP contribution in [0.5, 0.6) is 0 Å². The molecule has 5 nitrogen and oxygen atoms in total. The topological polar surface area (TPSA) is 66.4 Å². The molecular weight excluding hydrogens is 330 g/mol. The molecule has 0 aliphatic carbocycles. The number of likely N-dealkylation sites (N-methyl/N-ethyl adjacent to an activating group) is 1. The number of esters is 1. The predicted octanol–water partition coefficient (Wildman–Crippen LogP) is 3.30. The summed E-state index contributed by atoms with van der Waals surface area (Å²) in [6.45, 7) is 4.76. The lowest BCUT2D eigenvalue weighted by Gasteiger charge is -2.29. The third kappa shape index (κ3) is 16.4. The average Bonchev–Trinajstić information content (AvgIpc) is 2.47. The van der Waals surface area contributed by atoms with Crippen molar-refractivity contribution in [3.8, 4) is 0 Å². The van der Waals surface area contributed by atoms with Crippen LogP contribution in [-0.2, 0) is 14.3 Å². The summed E-state index contributed by atoms with van der Waals surface area (Å²) in [6.07, 6.45) is 10.8. The summed E-state index contributed by atoms with van der Waals surface area (Å²) < 4.78 is 5.96. The number of nitrogens with zero attached hydrogens (tertiary/aromatic N) is 1. The Bertz CT molecular complexity index is 390. The number of aliphatic carboxylic acids is 1. The third-order valence-electron chi connectivity index (χ3n) is 4.51. The van der Waals surface area contributed by atoms with Gasteiger partial charge in [0.1, 0.15) is 6.54 Å². The van der Waals surface area contributed by atoms with Crippen LogP contribution in [0.15, 0.2) is 0 Å². The van der Waals surface area contributed by atoms with Crippen LogP contribution < -0.4 is 5.11 Å².